The summed E-state index contributed by atoms with van der Waals surface area (Å²) in [5.41, 5.74) is 5.54. The van der Waals surface area contributed by atoms with Crippen LogP contribution >= 0.6 is 12.4 Å². The normalized spacial score (nSPS) is 23.2. The van der Waals surface area contributed by atoms with E-state index in [2.05, 4.69) is 0 Å². The Bertz CT molecular complexity index is 152. The van der Waals surface area contributed by atoms with Crippen LogP contribution in [-0.4, -0.2) is 29.9 Å². The van der Waals surface area contributed by atoms with Crippen LogP contribution in [0.25, 0.3) is 0 Å². The largest absolute Gasteiger partial charge is 0.339 e. The number of likely N-dealkylation sites (tertiary alicyclic amines) is 1. The molecular weight excluding hydrogens is 176 g/mol. The fraction of sp³-hybridized carbons (Fsp3) is 0.875. The highest BCUT2D eigenvalue weighted by molar-refractivity contribution is 5.85. The number of halogens is 1. The molecule has 0 aromatic carbocycles. The molecule has 1 aliphatic rings. The molecular formula is C8H17ClN2O. The maximum Gasteiger partial charge on any atom is 0.219 e. The highest BCUT2D eigenvalue weighted by Gasteiger charge is 2.22. The van der Waals surface area contributed by atoms with Gasteiger partial charge in [0.15, 0.2) is 0 Å². The topological polar surface area (TPSA) is 46.3 Å². The standard InChI is InChI=1S/C8H16N2O.ClH/c1-7(11)10-5-3-2-4-8(10)6-9;/h8H,2-6,9H2,1H3;1H. The second kappa shape index (κ2) is 5.38. The van der Waals surface area contributed by atoms with Crippen molar-refractivity contribution in [3.05, 3.63) is 0 Å². The van der Waals surface area contributed by atoms with Crippen LogP contribution in [0, 0.1) is 0 Å². The maximum atomic E-state index is 11.0. The number of rotatable bonds is 1. The van der Waals surface area contributed by atoms with Gasteiger partial charge in [-0.15, -0.1) is 12.4 Å². The van der Waals surface area contributed by atoms with Crippen molar-refractivity contribution in [1.29, 1.82) is 0 Å². The molecule has 0 saturated carbocycles. The third-order valence-corrected chi connectivity index (χ3v) is 2.30. The molecule has 4 heteroatoms. The Balaban J connectivity index is 0.00000121. The minimum absolute atomic E-state index is 0. The highest BCUT2D eigenvalue weighted by Crippen LogP contribution is 2.15. The molecule has 0 aromatic heterocycles. The fourth-order valence-corrected chi connectivity index (χ4v) is 1.66. The lowest BCUT2D eigenvalue weighted by molar-refractivity contribution is -0.132. The Morgan fingerprint density at radius 3 is 2.67 bits per heavy atom. The number of hydrogen-bond donors (Lipinski definition) is 1. The monoisotopic (exact) mass is 192 g/mol. The molecule has 0 aromatic rings. The molecule has 0 bridgehead atoms. The van der Waals surface area contributed by atoms with Gasteiger partial charge in [-0.05, 0) is 19.3 Å². The molecule has 12 heavy (non-hydrogen) atoms. The zero-order chi connectivity index (χ0) is 8.27. The highest BCUT2D eigenvalue weighted by atomic mass is 35.5. The Morgan fingerprint density at radius 2 is 2.25 bits per heavy atom. The maximum absolute atomic E-state index is 11.0. The first-order valence-electron chi connectivity index (χ1n) is 4.23. The van der Waals surface area contributed by atoms with E-state index in [1.165, 1.54) is 6.42 Å². The minimum atomic E-state index is 0. The van der Waals surface area contributed by atoms with Crippen molar-refractivity contribution in [3.63, 3.8) is 0 Å². The van der Waals surface area contributed by atoms with Gasteiger partial charge in [0.2, 0.25) is 5.91 Å². The van der Waals surface area contributed by atoms with Crippen molar-refractivity contribution in [3.8, 4) is 0 Å². The van der Waals surface area contributed by atoms with Gasteiger partial charge in [-0.1, -0.05) is 0 Å². The molecule has 1 amide bonds. The van der Waals surface area contributed by atoms with Crippen LogP contribution in [0.3, 0.4) is 0 Å². The first-order valence-corrected chi connectivity index (χ1v) is 4.23. The zero-order valence-electron chi connectivity index (χ0n) is 7.45. The predicted molar refractivity (Wildman–Crippen MR) is 51.3 cm³/mol. The molecule has 2 N–H and O–H groups in total. The van der Waals surface area contributed by atoms with E-state index in [-0.39, 0.29) is 18.3 Å². The molecule has 0 aliphatic carbocycles. The van der Waals surface area contributed by atoms with Gasteiger partial charge in [0.05, 0.1) is 0 Å². The van der Waals surface area contributed by atoms with E-state index in [1.54, 1.807) is 6.92 Å². The summed E-state index contributed by atoms with van der Waals surface area (Å²) in [6.07, 6.45) is 3.43. The lowest BCUT2D eigenvalue weighted by Crippen LogP contribution is -2.46. The second-order valence-electron chi connectivity index (χ2n) is 3.10. The predicted octanol–water partition coefficient (Wildman–Crippen LogP) is 0.768. The molecule has 72 valence electrons. The SMILES string of the molecule is CC(=O)N1CCCCC1CN.Cl. The van der Waals surface area contributed by atoms with E-state index in [1.807, 2.05) is 4.90 Å². The average Bonchev–Trinajstić information content (AvgIpc) is 2.04. The van der Waals surface area contributed by atoms with Crippen molar-refractivity contribution < 1.29 is 4.79 Å². The quantitative estimate of drug-likeness (QED) is 0.667. The minimum Gasteiger partial charge on any atom is -0.339 e. The molecule has 1 saturated heterocycles. The molecule has 1 rings (SSSR count). The van der Waals surface area contributed by atoms with Crippen molar-refractivity contribution in [2.24, 2.45) is 5.73 Å². The van der Waals surface area contributed by atoms with Crippen LogP contribution in [0.15, 0.2) is 0 Å². The Morgan fingerprint density at radius 1 is 1.58 bits per heavy atom. The van der Waals surface area contributed by atoms with Gasteiger partial charge in [-0.3, -0.25) is 4.79 Å². The summed E-state index contributed by atoms with van der Waals surface area (Å²) in [6, 6.07) is 0.307. The van der Waals surface area contributed by atoms with E-state index in [0.717, 1.165) is 19.4 Å². The second-order valence-corrected chi connectivity index (χ2v) is 3.10. The van der Waals surface area contributed by atoms with Gasteiger partial charge in [0.25, 0.3) is 0 Å². The van der Waals surface area contributed by atoms with Crippen molar-refractivity contribution >= 4 is 18.3 Å². The van der Waals surface area contributed by atoms with Crippen LogP contribution in [-0.2, 0) is 4.79 Å². The van der Waals surface area contributed by atoms with Crippen molar-refractivity contribution in [1.82, 2.24) is 4.90 Å². The third-order valence-electron chi connectivity index (χ3n) is 2.30. The molecule has 0 radical (unpaired) electrons. The van der Waals surface area contributed by atoms with Crippen LogP contribution in [0.1, 0.15) is 26.2 Å². The van der Waals surface area contributed by atoms with Gasteiger partial charge in [-0.2, -0.15) is 0 Å². The van der Waals surface area contributed by atoms with E-state index in [4.69, 9.17) is 5.73 Å². The molecule has 1 unspecified atom stereocenters. The summed E-state index contributed by atoms with van der Waals surface area (Å²) in [6.45, 7) is 3.13. The Labute approximate surface area is 79.7 Å². The molecule has 1 heterocycles. The van der Waals surface area contributed by atoms with Crippen molar-refractivity contribution in [2.75, 3.05) is 13.1 Å². The fourth-order valence-electron chi connectivity index (χ4n) is 1.66. The van der Waals surface area contributed by atoms with Gasteiger partial charge in [-0.25, -0.2) is 0 Å². The van der Waals surface area contributed by atoms with Gasteiger partial charge < -0.3 is 10.6 Å². The smallest absolute Gasteiger partial charge is 0.219 e. The van der Waals surface area contributed by atoms with Crippen LogP contribution < -0.4 is 5.73 Å². The molecule has 1 atom stereocenters. The van der Waals surface area contributed by atoms with E-state index in [0.29, 0.717) is 12.6 Å². The number of nitrogens with two attached hydrogens (primary N) is 1. The van der Waals surface area contributed by atoms with Gasteiger partial charge in [0, 0.05) is 26.1 Å². The average molecular weight is 193 g/mol. The van der Waals surface area contributed by atoms with E-state index < -0.39 is 0 Å². The summed E-state index contributed by atoms with van der Waals surface area (Å²) >= 11 is 0. The molecule has 3 nitrogen and oxygen atoms in total. The summed E-state index contributed by atoms with van der Waals surface area (Å²) in [4.78, 5) is 12.9. The number of nitrogens with zero attached hydrogens (tertiary/aromatic N) is 1. The van der Waals surface area contributed by atoms with Crippen LogP contribution in [0.2, 0.25) is 0 Å². The Kier molecular flexibility index (Phi) is 5.25. The lowest BCUT2D eigenvalue weighted by Gasteiger charge is -2.34. The van der Waals surface area contributed by atoms with Crippen LogP contribution in [0.5, 0.6) is 0 Å². The number of carbonyl (C=O) groups excluding carboxylic acids is 1. The summed E-state index contributed by atoms with van der Waals surface area (Å²) in [5, 5.41) is 0. The molecule has 1 aliphatic heterocycles. The first kappa shape index (κ1) is 11.7. The number of amides is 1. The molecule has 0 spiro atoms. The molecule has 1 fully saturated rings. The first-order chi connectivity index (χ1) is 5.25. The lowest BCUT2D eigenvalue weighted by atomic mass is 10.0. The third kappa shape index (κ3) is 2.64. The number of hydrogen-bond acceptors (Lipinski definition) is 2. The van der Waals surface area contributed by atoms with Crippen LogP contribution in [0.4, 0.5) is 0 Å². The van der Waals surface area contributed by atoms with E-state index >= 15 is 0 Å². The Hall–Kier alpha value is -0.280. The zero-order valence-corrected chi connectivity index (χ0v) is 8.27. The number of carbonyl (C=O) groups is 1. The summed E-state index contributed by atoms with van der Waals surface area (Å²) in [7, 11) is 0. The van der Waals surface area contributed by atoms with Gasteiger partial charge in [0.1, 0.15) is 0 Å². The van der Waals surface area contributed by atoms with E-state index in [9.17, 15) is 4.79 Å². The number of piperidine rings is 1. The van der Waals surface area contributed by atoms with Gasteiger partial charge >= 0.3 is 0 Å². The summed E-state index contributed by atoms with van der Waals surface area (Å²) in [5.74, 6) is 0.167. The van der Waals surface area contributed by atoms with Crippen molar-refractivity contribution in [2.45, 2.75) is 32.2 Å². The summed E-state index contributed by atoms with van der Waals surface area (Å²) < 4.78 is 0.